The molecule has 14 heteroatoms. The highest BCUT2D eigenvalue weighted by Crippen LogP contribution is 2.26. The second kappa shape index (κ2) is 11.0. The summed E-state index contributed by atoms with van der Waals surface area (Å²) >= 11 is 0. The van der Waals surface area contributed by atoms with Gasteiger partial charge in [0.15, 0.2) is 12.4 Å². The summed E-state index contributed by atoms with van der Waals surface area (Å²) in [6, 6.07) is 0. The molecule has 0 aromatic rings. The van der Waals surface area contributed by atoms with Crippen LogP contribution in [0.4, 0.5) is 0 Å². The number of carbonyl (C=O) groups excluding carboxylic acids is 1. The lowest BCUT2D eigenvalue weighted by molar-refractivity contribution is -0.358. The minimum absolute atomic E-state index is 0.485. The van der Waals surface area contributed by atoms with Crippen LogP contribution >= 0.6 is 0 Å². The number of aliphatic hydroxyl groups excluding tert-OH is 9. The fourth-order valence-corrected chi connectivity index (χ4v) is 2.66. The highest BCUT2D eigenvalue weighted by Gasteiger charge is 2.53. The largest absolute Gasteiger partial charge is 0.394 e. The van der Waals surface area contributed by atoms with Crippen LogP contribution in [0, 0.1) is 5.92 Å². The van der Waals surface area contributed by atoms with Crippen molar-refractivity contribution in [3.8, 4) is 0 Å². The molecule has 10 atom stereocenters. The molecule has 0 unspecified atom stereocenters. The number of amides is 1. The van der Waals surface area contributed by atoms with E-state index >= 15 is 0 Å². The van der Waals surface area contributed by atoms with Crippen molar-refractivity contribution < 1.29 is 65.3 Å². The van der Waals surface area contributed by atoms with E-state index in [-0.39, 0.29) is 0 Å². The van der Waals surface area contributed by atoms with E-state index in [0.717, 1.165) is 0 Å². The summed E-state index contributed by atoms with van der Waals surface area (Å²) in [4.78, 5) is 11.5. The van der Waals surface area contributed by atoms with Crippen LogP contribution in [0.2, 0.25) is 0 Å². The van der Waals surface area contributed by atoms with Gasteiger partial charge in [0.25, 0.3) is 5.91 Å². The van der Waals surface area contributed by atoms with E-state index in [1.165, 1.54) is 0 Å². The first-order valence-corrected chi connectivity index (χ1v) is 9.16. The first-order chi connectivity index (χ1) is 13.8. The van der Waals surface area contributed by atoms with Gasteiger partial charge in [0, 0.05) is 5.92 Å². The SMILES string of the molecule is CC(C)C(=O)N[C@@]1(O)O[C@H](CO)[C@H](O)[C@H](O)[C@H]1O.OC[C@H]1O[C@H](O)[C@H](O)[C@@H](O)[C@H]1O. The zero-order valence-electron chi connectivity index (χ0n) is 16.4. The molecule has 0 aromatic heterocycles. The fourth-order valence-electron chi connectivity index (χ4n) is 2.66. The van der Waals surface area contributed by atoms with E-state index in [1.807, 2.05) is 5.32 Å². The van der Waals surface area contributed by atoms with Crippen molar-refractivity contribution in [2.24, 2.45) is 5.92 Å². The van der Waals surface area contributed by atoms with Crippen LogP contribution in [0.15, 0.2) is 0 Å². The first kappa shape index (κ1) is 27.0. The van der Waals surface area contributed by atoms with E-state index in [1.54, 1.807) is 13.8 Å². The summed E-state index contributed by atoms with van der Waals surface area (Å²) in [5.41, 5.74) is 0. The average molecular weight is 445 g/mol. The van der Waals surface area contributed by atoms with Crippen molar-refractivity contribution in [1.82, 2.24) is 5.32 Å². The van der Waals surface area contributed by atoms with Gasteiger partial charge in [-0.3, -0.25) is 4.79 Å². The standard InChI is InChI=1S/C10H19NO7.C6H12O6/c1-4(2)9(16)11-10(17)8(15)7(14)6(13)5(3-12)18-10;7-1-2-3(8)4(9)5(10)6(11)12-2/h4-8,12-15,17H,3H2,1-2H3,(H,11,16);2-11H,1H2/t5-,6+,7+,8-,10+;2-,3+,4+,5-,6+/m11/s1. The number of hydrogen-bond donors (Lipinski definition) is 11. The molecule has 11 N–H and O–H groups in total. The molecule has 0 spiro atoms. The van der Waals surface area contributed by atoms with Gasteiger partial charge in [-0.15, -0.1) is 0 Å². The molecule has 0 radical (unpaired) electrons. The van der Waals surface area contributed by atoms with Crippen molar-refractivity contribution in [3.63, 3.8) is 0 Å². The maximum absolute atomic E-state index is 11.5. The Morgan fingerprint density at radius 1 is 0.867 bits per heavy atom. The lowest BCUT2D eigenvalue weighted by Crippen LogP contribution is -2.71. The Hall–Kier alpha value is -1.01. The molecule has 0 aliphatic carbocycles. The number of hydrogen-bond acceptors (Lipinski definition) is 13. The molecule has 2 rings (SSSR count). The van der Waals surface area contributed by atoms with Gasteiger partial charge in [-0.25, -0.2) is 0 Å². The van der Waals surface area contributed by atoms with Gasteiger partial charge in [-0.05, 0) is 0 Å². The second-order valence-electron chi connectivity index (χ2n) is 7.32. The molecule has 178 valence electrons. The van der Waals surface area contributed by atoms with Crippen molar-refractivity contribution in [1.29, 1.82) is 0 Å². The van der Waals surface area contributed by atoms with E-state index in [4.69, 9.17) is 35.4 Å². The lowest BCUT2D eigenvalue weighted by Gasteiger charge is -2.45. The second-order valence-corrected chi connectivity index (χ2v) is 7.32. The fraction of sp³-hybridized carbons (Fsp3) is 0.938. The van der Waals surface area contributed by atoms with Crippen LogP contribution < -0.4 is 5.32 Å². The number of aliphatic hydroxyl groups is 10. The van der Waals surface area contributed by atoms with Crippen LogP contribution in [0.5, 0.6) is 0 Å². The Morgan fingerprint density at radius 2 is 1.37 bits per heavy atom. The van der Waals surface area contributed by atoms with Crippen molar-refractivity contribution in [2.45, 2.75) is 74.9 Å². The Morgan fingerprint density at radius 3 is 1.83 bits per heavy atom. The third-order valence-electron chi connectivity index (χ3n) is 4.66. The van der Waals surface area contributed by atoms with Gasteiger partial charge in [0.2, 0.25) is 5.91 Å². The molecule has 30 heavy (non-hydrogen) atoms. The van der Waals surface area contributed by atoms with E-state index < -0.39 is 86.1 Å². The van der Waals surface area contributed by atoms with Crippen LogP contribution in [0.3, 0.4) is 0 Å². The molecular weight excluding hydrogens is 414 g/mol. The molecule has 1 amide bonds. The molecule has 0 saturated carbocycles. The van der Waals surface area contributed by atoms with Crippen molar-refractivity contribution in [3.05, 3.63) is 0 Å². The van der Waals surface area contributed by atoms with E-state index in [9.17, 15) is 25.2 Å². The van der Waals surface area contributed by atoms with Gasteiger partial charge in [-0.2, -0.15) is 0 Å². The Kier molecular flexibility index (Phi) is 9.94. The Labute approximate surface area is 171 Å². The van der Waals surface area contributed by atoms with Crippen LogP contribution in [0.25, 0.3) is 0 Å². The van der Waals surface area contributed by atoms with Crippen LogP contribution in [-0.4, -0.2) is 131 Å². The summed E-state index contributed by atoms with van der Waals surface area (Å²) in [6.07, 6.45) is -13.6. The quantitative estimate of drug-likeness (QED) is 0.180. The summed E-state index contributed by atoms with van der Waals surface area (Å²) < 4.78 is 9.43. The molecule has 2 aliphatic rings. The maximum Gasteiger partial charge on any atom is 0.279 e. The molecule has 14 nitrogen and oxygen atoms in total. The van der Waals surface area contributed by atoms with Gasteiger partial charge in [0.1, 0.15) is 42.7 Å². The van der Waals surface area contributed by atoms with Crippen LogP contribution in [0.1, 0.15) is 13.8 Å². The highest BCUT2D eigenvalue weighted by atomic mass is 16.7. The number of carbonyl (C=O) groups is 1. The predicted octanol–water partition coefficient (Wildman–Crippen LogP) is -6.34. The van der Waals surface area contributed by atoms with E-state index in [2.05, 4.69) is 4.74 Å². The van der Waals surface area contributed by atoms with Gasteiger partial charge < -0.3 is 65.9 Å². The molecular formula is C16H31NO13. The summed E-state index contributed by atoms with van der Waals surface area (Å²) in [7, 11) is 0. The normalized spacial score (nSPS) is 44.2. The molecule has 0 aromatic carbocycles. The minimum Gasteiger partial charge on any atom is -0.394 e. The molecule has 0 bridgehead atoms. The number of ether oxygens (including phenoxy) is 2. The summed E-state index contributed by atoms with van der Waals surface area (Å²) in [6.45, 7) is 1.90. The topological polar surface area (TPSA) is 250 Å². The first-order valence-electron chi connectivity index (χ1n) is 9.16. The van der Waals surface area contributed by atoms with Crippen molar-refractivity contribution >= 4 is 5.91 Å². The highest BCUT2D eigenvalue weighted by molar-refractivity contribution is 5.78. The number of rotatable bonds is 4. The molecule has 2 aliphatic heterocycles. The molecule has 2 heterocycles. The monoisotopic (exact) mass is 445 g/mol. The number of nitrogens with one attached hydrogen (secondary N) is 1. The zero-order chi connectivity index (χ0) is 23.4. The summed E-state index contributed by atoms with van der Waals surface area (Å²) in [5.74, 6) is -3.65. The Bertz CT molecular complexity index is 544. The predicted molar refractivity (Wildman–Crippen MR) is 93.9 cm³/mol. The molecule has 2 fully saturated rings. The minimum atomic E-state index is -2.55. The van der Waals surface area contributed by atoms with Crippen LogP contribution in [-0.2, 0) is 14.3 Å². The summed E-state index contributed by atoms with van der Waals surface area (Å²) in [5, 5.41) is 94.2. The third kappa shape index (κ3) is 6.03. The lowest BCUT2D eigenvalue weighted by atomic mass is 9.96. The van der Waals surface area contributed by atoms with Gasteiger partial charge >= 0.3 is 0 Å². The smallest absolute Gasteiger partial charge is 0.279 e. The molecule has 2 saturated heterocycles. The zero-order valence-corrected chi connectivity index (χ0v) is 16.4. The average Bonchev–Trinajstić information content (AvgIpc) is 2.70. The third-order valence-corrected chi connectivity index (χ3v) is 4.66. The van der Waals surface area contributed by atoms with E-state index in [0.29, 0.717) is 0 Å². The maximum atomic E-state index is 11.5. The van der Waals surface area contributed by atoms with Crippen molar-refractivity contribution in [2.75, 3.05) is 13.2 Å². The Balaban J connectivity index is 0.000000325. The van der Waals surface area contributed by atoms with Gasteiger partial charge in [-0.1, -0.05) is 13.8 Å². The van der Waals surface area contributed by atoms with Gasteiger partial charge in [0.05, 0.1) is 13.2 Å².